The Hall–Kier alpha value is -2.21. The van der Waals surface area contributed by atoms with E-state index in [2.05, 4.69) is 25.7 Å². The summed E-state index contributed by atoms with van der Waals surface area (Å²) in [4.78, 5) is 4.82. The Bertz CT molecular complexity index is 928. The molecule has 0 aliphatic carbocycles. The van der Waals surface area contributed by atoms with Crippen LogP contribution in [-0.4, -0.2) is 15.8 Å². The molecule has 1 heterocycles. The molecule has 2 nitrogen and oxygen atoms in total. The number of benzene rings is 2. The van der Waals surface area contributed by atoms with Crippen LogP contribution in [0.25, 0.3) is 0 Å². The Morgan fingerprint density at radius 1 is 1.11 bits per heavy atom. The topological polar surface area (TPSA) is 24.4 Å². The van der Waals surface area contributed by atoms with Crippen molar-refractivity contribution in [3.8, 4) is 0 Å². The summed E-state index contributed by atoms with van der Waals surface area (Å²) in [5.74, 6) is 0. The van der Waals surface area contributed by atoms with Crippen molar-refractivity contribution in [3.05, 3.63) is 77.0 Å². The first-order valence-corrected chi connectivity index (χ1v) is 9.76. The summed E-state index contributed by atoms with van der Waals surface area (Å²) in [6, 6.07) is 12.1. The molecule has 2 aromatic carbocycles. The molecular weight excluding hydrogens is 381 g/mol. The molecule has 0 amide bonds. The van der Waals surface area contributed by atoms with Crippen LogP contribution in [0.15, 0.2) is 59.7 Å². The third kappa shape index (κ3) is 4.27. The van der Waals surface area contributed by atoms with Gasteiger partial charge in [0, 0.05) is 21.7 Å². The fourth-order valence-electron chi connectivity index (χ4n) is 3.19. The van der Waals surface area contributed by atoms with E-state index in [1.165, 1.54) is 18.6 Å². The molecule has 0 saturated heterocycles. The molecule has 0 spiro atoms. The molecule has 0 fully saturated rings. The minimum atomic E-state index is -4.39. The molecule has 28 heavy (non-hydrogen) atoms. The smallest absolute Gasteiger partial charge is 0.358 e. The summed E-state index contributed by atoms with van der Waals surface area (Å²) in [6.45, 7) is 11.7. The van der Waals surface area contributed by atoms with Crippen molar-refractivity contribution in [1.29, 1.82) is 0 Å². The van der Waals surface area contributed by atoms with Crippen molar-refractivity contribution in [3.63, 3.8) is 0 Å². The fourth-order valence-corrected chi connectivity index (χ4v) is 4.41. The number of aliphatic imine (C=N–C) groups is 1. The van der Waals surface area contributed by atoms with E-state index in [1.807, 2.05) is 31.2 Å². The number of nitrogens with one attached hydrogen (secondary N) is 1. The number of hydrogen-bond acceptors (Lipinski definition) is 3. The van der Waals surface area contributed by atoms with Crippen LogP contribution >= 0.6 is 11.8 Å². The first kappa shape index (κ1) is 20.5. The second kappa shape index (κ2) is 7.32. The lowest BCUT2D eigenvalue weighted by Crippen LogP contribution is -2.31. The van der Waals surface area contributed by atoms with E-state index in [9.17, 15) is 13.2 Å². The average molecular weight is 405 g/mol. The molecule has 1 aliphatic rings. The summed E-state index contributed by atoms with van der Waals surface area (Å²) < 4.78 is 39.3. The predicted molar refractivity (Wildman–Crippen MR) is 112 cm³/mol. The van der Waals surface area contributed by atoms with Crippen LogP contribution in [0.5, 0.6) is 0 Å². The Labute approximate surface area is 168 Å². The highest BCUT2D eigenvalue weighted by Crippen LogP contribution is 2.42. The first-order valence-electron chi connectivity index (χ1n) is 8.95. The monoisotopic (exact) mass is 404 g/mol. The molecule has 0 aromatic heterocycles. The maximum Gasteiger partial charge on any atom is 0.416 e. The molecule has 0 saturated carbocycles. The Morgan fingerprint density at radius 2 is 1.75 bits per heavy atom. The molecule has 0 bridgehead atoms. The van der Waals surface area contributed by atoms with Gasteiger partial charge >= 0.3 is 6.18 Å². The number of nitrogens with zero attached hydrogens (tertiary/aromatic N) is 1. The molecule has 3 rings (SSSR count). The summed E-state index contributed by atoms with van der Waals surface area (Å²) in [5, 5.41) is 3.96. The van der Waals surface area contributed by atoms with Gasteiger partial charge < -0.3 is 5.32 Å². The number of thioether (sulfide) groups is 1. The van der Waals surface area contributed by atoms with E-state index in [0.29, 0.717) is 11.4 Å². The normalized spacial score (nSPS) is 18.7. The van der Waals surface area contributed by atoms with Gasteiger partial charge in [-0.25, -0.2) is 0 Å². The molecule has 1 N–H and O–H groups in total. The molecule has 1 aliphatic heterocycles. The van der Waals surface area contributed by atoms with Crippen LogP contribution in [0, 0.1) is 13.8 Å². The van der Waals surface area contributed by atoms with Crippen LogP contribution in [0.1, 0.15) is 36.1 Å². The van der Waals surface area contributed by atoms with Gasteiger partial charge in [0.1, 0.15) is 6.04 Å². The Morgan fingerprint density at radius 3 is 2.36 bits per heavy atom. The largest absolute Gasteiger partial charge is 0.416 e. The van der Waals surface area contributed by atoms with Crippen molar-refractivity contribution < 1.29 is 13.2 Å². The first-order chi connectivity index (χ1) is 13.0. The van der Waals surface area contributed by atoms with Gasteiger partial charge in [-0.15, -0.1) is 0 Å². The third-order valence-corrected chi connectivity index (χ3v) is 6.02. The number of anilines is 1. The summed E-state index contributed by atoms with van der Waals surface area (Å²) >= 11 is 1.65. The van der Waals surface area contributed by atoms with Crippen LogP contribution in [0.2, 0.25) is 0 Å². The van der Waals surface area contributed by atoms with Gasteiger partial charge in [-0.2, -0.15) is 13.2 Å². The van der Waals surface area contributed by atoms with Gasteiger partial charge in [0.2, 0.25) is 0 Å². The van der Waals surface area contributed by atoms with Gasteiger partial charge in [0.05, 0.1) is 10.6 Å². The van der Waals surface area contributed by atoms with Crippen LogP contribution < -0.4 is 5.32 Å². The predicted octanol–water partition coefficient (Wildman–Crippen LogP) is 6.59. The molecule has 6 heteroatoms. The highest BCUT2D eigenvalue weighted by molar-refractivity contribution is 8.15. The van der Waals surface area contributed by atoms with Crippen LogP contribution in [0.4, 0.5) is 18.9 Å². The number of alkyl halides is 3. The van der Waals surface area contributed by atoms with Gasteiger partial charge in [0.25, 0.3) is 0 Å². The van der Waals surface area contributed by atoms with Crippen LogP contribution in [0.3, 0.4) is 0 Å². The molecule has 148 valence electrons. The SMILES string of the molecule is C=C(Nc1ccc(C)c(C(F)(F)F)c1)C1N=C(c2ccc(C)cc2)SC1(C)C. The highest BCUT2D eigenvalue weighted by atomic mass is 32.2. The van der Waals surface area contributed by atoms with E-state index < -0.39 is 11.7 Å². The minimum absolute atomic E-state index is 0.195. The second-order valence-corrected chi connectivity index (χ2v) is 9.23. The van der Waals surface area contributed by atoms with Crippen molar-refractivity contribution in [2.24, 2.45) is 4.99 Å². The van der Waals surface area contributed by atoms with Crippen molar-refractivity contribution in [2.75, 3.05) is 5.32 Å². The van der Waals surface area contributed by atoms with E-state index in [1.54, 1.807) is 17.8 Å². The number of halogens is 3. The Kier molecular flexibility index (Phi) is 5.36. The molecule has 1 atom stereocenters. The summed E-state index contributed by atoms with van der Waals surface area (Å²) in [6.07, 6.45) is -4.39. The zero-order valence-electron chi connectivity index (χ0n) is 16.3. The molecule has 2 aromatic rings. The molecular formula is C22H23F3N2S. The standard InChI is InChI=1S/C22H23F3N2S/c1-13-6-9-16(10-7-13)20-27-19(21(4,5)28-20)15(3)26-17-11-8-14(2)18(12-17)22(23,24)25/h6-12,19,26H,3H2,1-2,4-5H3. The zero-order chi connectivity index (χ0) is 20.7. The molecule has 0 radical (unpaired) electrons. The highest BCUT2D eigenvalue weighted by Gasteiger charge is 2.40. The third-order valence-electron chi connectivity index (χ3n) is 4.74. The number of rotatable bonds is 4. The van der Waals surface area contributed by atoms with E-state index >= 15 is 0 Å². The second-order valence-electron chi connectivity index (χ2n) is 7.59. The molecule has 1 unspecified atom stereocenters. The van der Waals surface area contributed by atoms with Crippen molar-refractivity contribution in [1.82, 2.24) is 0 Å². The van der Waals surface area contributed by atoms with Crippen LogP contribution in [-0.2, 0) is 6.18 Å². The minimum Gasteiger partial charge on any atom is -0.358 e. The fraction of sp³-hybridized carbons (Fsp3) is 0.318. The van der Waals surface area contributed by atoms with Gasteiger partial charge in [0.15, 0.2) is 0 Å². The van der Waals surface area contributed by atoms with Crippen molar-refractivity contribution in [2.45, 2.75) is 44.7 Å². The van der Waals surface area contributed by atoms with Gasteiger partial charge in [-0.1, -0.05) is 54.2 Å². The van der Waals surface area contributed by atoms with Crippen molar-refractivity contribution >= 4 is 22.5 Å². The summed E-state index contributed by atoms with van der Waals surface area (Å²) in [7, 11) is 0. The lowest BCUT2D eigenvalue weighted by Gasteiger charge is -2.27. The van der Waals surface area contributed by atoms with Gasteiger partial charge in [-0.3, -0.25) is 4.99 Å². The Balaban J connectivity index is 1.84. The summed E-state index contributed by atoms with van der Waals surface area (Å²) in [5.41, 5.74) is 2.70. The maximum atomic E-state index is 13.2. The van der Waals surface area contributed by atoms with E-state index in [-0.39, 0.29) is 16.4 Å². The number of hydrogen-bond donors (Lipinski definition) is 1. The van der Waals surface area contributed by atoms with E-state index in [4.69, 9.17) is 4.99 Å². The average Bonchev–Trinajstić information content (AvgIpc) is 2.91. The number of aryl methyl sites for hydroxylation is 2. The van der Waals surface area contributed by atoms with Gasteiger partial charge in [-0.05, 0) is 45.4 Å². The lowest BCUT2D eigenvalue weighted by molar-refractivity contribution is -0.138. The zero-order valence-corrected chi connectivity index (χ0v) is 17.1. The van der Waals surface area contributed by atoms with E-state index in [0.717, 1.165) is 16.7 Å². The quantitative estimate of drug-likeness (QED) is 0.622. The lowest BCUT2D eigenvalue weighted by atomic mass is 10.0. The maximum absolute atomic E-state index is 13.2.